The van der Waals surface area contributed by atoms with Crippen LogP contribution < -0.4 is 16.4 Å². The second-order valence-corrected chi connectivity index (χ2v) is 7.72. The molecular weight excluding hydrogens is 361 g/mol. The van der Waals surface area contributed by atoms with Gasteiger partial charge in [0.2, 0.25) is 11.8 Å². The molecule has 4 N–H and O–H groups in total. The Kier molecular flexibility index (Phi) is 6.96. The number of hydrogen-bond acceptors (Lipinski definition) is 3. The molecule has 7 heteroatoms. The second-order valence-electron chi connectivity index (χ2n) is 6.91. The van der Waals surface area contributed by atoms with Gasteiger partial charge in [-0.3, -0.25) is 9.59 Å². The summed E-state index contributed by atoms with van der Waals surface area (Å²) in [4.78, 5) is 25.1. The predicted octanol–water partition coefficient (Wildman–Crippen LogP) is 4.24. The molecule has 2 amide bonds. The van der Waals surface area contributed by atoms with Gasteiger partial charge in [0.15, 0.2) is 0 Å². The van der Waals surface area contributed by atoms with Crippen LogP contribution in [-0.4, -0.2) is 17.9 Å². The van der Waals surface area contributed by atoms with Gasteiger partial charge in [-0.05, 0) is 30.9 Å². The summed E-state index contributed by atoms with van der Waals surface area (Å²) in [6.45, 7) is 3.79. The molecule has 0 spiro atoms. The zero-order valence-corrected chi connectivity index (χ0v) is 16.1. The third-order valence-electron chi connectivity index (χ3n) is 4.57. The molecule has 1 aromatic rings. The Bertz CT molecular complexity index is 620. The minimum atomic E-state index is -0.621. The minimum absolute atomic E-state index is 0.00297. The van der Waals surface area contributed by atoms with Crippen molar-refractivity contribution >= 4 is 46.4 Å². The molecule has 0 radical (unpaired) electrons. The van der Waals surface area contributed by atoms with Crippen molar-refractivity contribution < 1.29 is 9.59 Å². The number of carbonyl (C=O) groups excluding carboxylic acids is 2. The van der Waals surface area contributed by atoms with Crippen LogP contribution in [0.1, 0.15) is 46.0 Å². The number of anilines is 2. The Morgan fingerprint density at radius 3 is 2.20 bits per heavy atom. The number of nitrogens with two attached hydrogens (primary N) is 1. The van der Waals surface area contributed by atoms with E-state index in [1.54, 1.807) is 12.1 Å². The van der Waals surface area contributed by atoms with Gasteiger partial charge in [0.1, 0.15) is 6.04 Å². The van der Waals surface area contributed by atoms with Crippen molar-refractivity contribution in [3.8, 4) is 0 Å². The molecule has 138 valence electrons. The van der Waals surface area contributed by atoms with Crippen molar-refractivity contribution in [2.24, 2.45) is 11.8 Å². The average molecular weight is 386 g/mol. The van der Waals surface area contributed by atoms with Crippen LogP contribution in [0.4, 0.5) is 11.4 Å². The molecule has 0 saturated heterocycles. The Hall–Kier alpha value is -1.46. The first-order chi connectivity index (χ1) is 11.8. The quantitative estimate of drug-likeness (QED) is 0.662. The van der Waals surface area contributed by atoms with Gasteiger partial charge in [-0.15, -0.1) is 0 Å². The van der Waals surface area contributed by atoms with E-state index >= 15 is 0 Å². The molecule has 0 aromatic heterocycles. The SMILES string of the molecule is CC(C)C(NC(=O)C1CCCCC1)C(=O)Nc1cc(Cl)c(N)c(Cl)c1. The molecule has 1 aliphatic rings. The van der Waals surface area contributed by atoms with Gasteiger partial charge in [-0.25, -0.2) is 0 Å². The summed E-state index contributed by atoms with van der Waals surface area (Å²) < 4.78 is 0. The van der Waals surface area contributed by atoms with E-state index in [9.17, 15) is 9.59 Å². The number of carbonyl (C=O) groups is 2. The molecule has 1 saturated carbocycles. The fourth-order valence-corrected chi connectivity index (χ4v) is 3.53. The van der Waals surface area contributed by atoms with Crippen LogP contribution in [0.5, 0.6) is 0 Å². The van der Waals surface area contributed by atoms with Crippen LogP contribution in [0.15, 0.2) is 12.1 Å². The molecule has 1 aromatic carbocycles. The lowest BCUT2D eigenvalue weighted by Crippen LogP contribution is -2.49. The molecule has 2 rings (SSSR count). The number of rotatable bonds is 5. The van der Waals surface area contributed by atoms with E-state index in [2.05, 4.69) is 10.6 Å². The standard InChI is InChI=1S/C18H25Cl2N3O2/c1-10(2)16(23-17(24)11-6-4-3-5-7-11)18(25)22-12-8-13(19)15(21)14(20)9-12/h8-11,16H,3-7,21H2,1-2H3,(H,22,25)(H,23,24). The summed E-state index contributed by atoms with van der Waals surface area (Å²) in [5.74, 6) is -0.381. The first-order valence-corrected chi connectivity index (χ1v) is 9.41. The molecule has 1 atom stereocenters. The molecule has 1 unspecified atom stereocenters. The van der Waals surface area contributed by atoms with E-state index in [0.29, 0.717) is 5.69 Å². The molecule has 0 bridgehead atoms. The van der Waals surface area contributed by atoms with E-state index in [4.69, 9.17) is 28.9 Å². The molecule has 0 heterocycles. The first kappa shape index (κ1) is 19.9. The lowest BCUT2D eigenvalue weighted by Gasteiger charge is -2.26. The van der Waals surface area contributed by atoms with Crippen LogP contribution in [-0.2, 0) is 9.59 Å². The van der Waals surface area contributed by atoms with Crippen molar-refractivity contribution in [2.75, 3.05) is 11.1 Å². The highest BCUT2D eigenvalue weighted by molar-refractivity contribution is 6.39. The van der Waals surface area contributed by atoms with Gasteiger partial charge in [-0.1, -0.05) is 56.3 Å². The molecular formula is C18H25Cl2N3O2. The van der Waals surface area contributed by atoms with Crippen molar-refractivity contribution in [3.63, 3.8) is 0 Å². The normalized spacial score (nSPS) is 16.5. The molecule has 0 aliphatic heterocycles. The maximum atomic E-state index is 12.6. The van der Waals surface area contributed by atoms with Gasteiger partial charge < -0.3 is 16.4 Å². The van der Waals surface area contributed by atoms with Gasteiger partial charge in [-0.2, -0.15) is 0 Å². The van der Waals surface area contributed by atoms with Crippen LogP contribution in [0, 0.1) is 11.8 Å². The summed E-state index contributed by atoms with van der Waals surface area (Å²) >= 11 is 12.0. The van der Waals surface area contributed by atoms with Crippen molar-refractivity contribution in [1.29, 1.82) is 0 Å². The number of nitrogens with one attached hydrogen (secondary N) is 2. The Morgan fingerprint density at radius 2 is 1.68 bits per heavy atom. The van der Waals surface area contributed by atoms with Crippen LogP contribution in [0.25, 0.3) is 0 Å². The average Bonchev–Trinajstić information content (AvgIpc) is 2.57. The molecule has 5 nitrogen and oxygen atoms in total. The van der Waals surface area contributed by atoms with E-state index in [1.807, 2.05) is 13.8 Å². The fraction of sp³-hybridized carbons (Fsp3) is 0.556. The monoisotopic (exact) mass is 385 g/mol. The highest BCUT2D eigenvalue weighted by Gasteiger charge is 2.28. The van der Waals surface area contributed by atoms with Gasteiger partial charge in [0, 0.05) is 11.6 Å². The molecule has 25 heavy (non-hydrogen) atoms. The summed E-state index contributed by atoms with van der Waals surface area (Å²) in [5, 5.41) is 6.21. The fourth-order valence-electron chi connectivity index (χ4n) is 3.05. The van der Waals surface area contributed by atoms with Crippen LogP contribution in [0.2, 0.25) is 10.0 Å². The highest BCUT2D eigenvalue weighted by Crippen LogP contribution is 2.31. The third-order valence-corrected chi connectivity index (χ3v) is 5.19. The van der Waals surface area contributed by atoms with Crippen molar-refractivity contribution in [1.82, 2.24) is 5.32 Å². The topological polar surface area (TPSA) is 84.2 Å². The Balaban J connectivity index is 2.06. The maximum absolute atomic E-state index is 12.6. The first-order valence-electron chi connectivity index (χ1n) is 8.65. The number of halogens is 2. The molecule has 1 aliphatic carbocycles. The second kappa shape index (κ2) is 8.77. The smallest absolute Gasteiger partial charge is 0.247 e. The van der Waals surface area contributed by atoms with Crippen molar-refractivity contribution in [2.45, 2.75) is 52.0 Å². The largest absolute Gasteiger partial charge is 0.396 e. The van der Waals surface area contributed by atoms with Gasteiger partial charge in [0.25, 0.3) is 0 Å². The predicted molar refractivity (Wildman–Crippen MR) is 103 cm³/mol. The van der Waals surface area contributed by atoms with E-state index in [0.717, 1.165) is 25.7 Å². The maximum Gasteiger partial charge on any atom is 0.247 e. The Morgan fingerprint density at radius 1 is 1.12 bits per heavy atom. The zero-order valence-electron chi connectivity index (χ0n) is 14.6. The summed E-state index contributed by atoms with van der Waals surface area (Å²) in [7, 11) is 0. The van der Waals surface area contributed by atoms with Crippen LogP contribution >= 0.6 is 23.2 Å². The van der Waals surface area contributed by atoms with Gasteiger partial charge >= 0.3 is 0 Å². The lowest BCUT2D eigenvalue weighted by molar-refractivity contribution is -0.130. The van der Waals surface area contributed by atoms with Crippen molar-refractivity contribution in [3.05, 3.63) is 22.2 Å². The number of hydrogen-bond donors (Lipinski definition) is 3. The minimum Gasteiger partial charge on any atom is -0.396 e. The number of benzene rings is 1. The number of amides is 2. The summed E-state index contributed by atoms with van der Waals surface area (Å²) in [5.41, 5.74) is 6.43. The zero-order chi connectivity index (χ0) is 18.6. The lowest BCUT2D eigenvalue weighted by atomic mass is 9.88. The third kappa shape index (κ3) is 5.25. The van der Waals surface area contributed by atoms with E-state index in [-0.39, 0.29) is 39.4 Å². The highest BCUT2D eigenvalue weighted by atomic mass is 35.5. The number of nitrogen functional groups attached to an aromatic ring is 1. The Labute approximate surface area is 158 Å². The summed E-state index contributed by atoms with van der Waals surface area (Å²) in [6.07, 6.45) is 5.09. The summed E-state index contributed by atoms with van der Waals surface area (Å²) in [6, 6.07) is 2.46. The van der Waals surface area contributed by atoms with Gasteiger partial charge in [0.05, 0.1) is 15.7 Å². The van der Waals surface area contributed by atoms with E-state index < -0.39 is 6.04 Å². The van der Waals surface area contributed by atoms with Crippen LogP contribution in [0.3, 0.4) is 0 Å². The molecule has 1 fully saturated rings. The van der Waals surface area contributed by atoms with E-state index in [1.165, 1.54) is 6.42 Å².